The molecule has 0 radical (unpaired) electrons. The largest absolute Gasteiger partial charge is 0.493 e. The Morgan fingerprint density at radius 2 is 1.82 bits per heavy atom. The lowest BCUT2D eigenvalue weighted by molar-refractivity contribution is -0.322. The maximum Gasteiger partial charge on any atom is 0.216 e. The van der Waals surface area contributed by atoms with Crippen LogP contribution in [0.5, 0.6) is 11.6 Å². The Morgan fingerprint density at radius 1 is 1.03 bits per heavy atom. The molecule has 3 aliphatic carbocycles. The molecule has 4 aliphatic rings. The highest BCUT2D eigenvalue weighted by Gasteiger charge is 2.62. The van der Waals surface area contributed by atoms with Gasteiger partial charge in [-0.25, -0.2) is 4.98 Å². The van der Waals surface area contributed by atoms with Gasteiger partial charge in [-0.1, -0.05) is 40.5 Å². The van der Waals surface area contributed by atoms with Crippen molar-refractivity contribution in [3.63, 3.8) is 0 Å². The van der Waals surface area contributed by atoms with Gasteiger partial charge in [-0.15, -0.1) is 0 Å². The summed E-state index contributed by atoms with van der Waals surface area (Å²) in [4.78, 5) is 4.19. The van der Waals surface area contributed by atoms with Crippen molar-refractivity contribution in [3.8, 4) is 11.6 Å². The molecule has 1 unspecified atom stereocenters. The van der Waals surface area contributed by atoms with Crippen LogP contribution in [0.25, 0.3) is 0 Å². The summed E-state index contributed by atoms with van der Waals surface area (Å²) in [5.74, 6) is 3.28. The fraction of sp³-hybridized carbons (Fsp3) is 0.828. The van der Waals surface area contributed by atoms with Crippen LogP contribution in [0.3, 0.4) is 0 Å². The van der Waals surface area contributed by atoms with Crippen LogP contribution < -0.4 is 9.47 Å². The molecule has 3 saturated carbocycles. The predicted octanol–water partition coefficient (Wildman–Crippen LogP) is 6.65. The summed E-state index contributed by atoms with van der Waals surface area (Å²) in [5.41, 5.74) is 0.686. The highest BCUT2D eigenvalue weighted by atomic mass is 16.7. The summed E-state index contributed by atoms with van der Waals surface area (Å²) in [7, 11) is 1.64. The number of aromatic nitrogens is 1. The molecule has 1 aliphatic heterocycles. The molecule has 6 atom stereocenters. The van der Waals surface area contributed by atoms with E-state index in [9.17, 15) is 0 Å². The summed E-state index contributed by atoms with van der Waals surface area (Å²) in [6, 6.07) is 3.79. The monoisotopic (exact) mass is 471 g/mol. The van der Waals surface area contributed by atoms with Crippen molar-refractivity contribution < 1.29 is 18.9 Å². The SMILES string of the molecule is COc1cc(OCC[C@@H]2C(C)(C)CCC3[C@]4(C)CO[C@@H](C5CCCC5)O[C@@H]4CC[C@]32C)ccn1. The predicted molar refractivity (Wildman–Crippen MR) is 133 cm³/mol. The van der Waals surface area contributed by atoms with Gasteiger partial charge in [0.15, 0.2) is 6.29 Å². The Hall–Kier alpha value is -1.33. The third-order valence-electron chi connectivity index (χ3n) is 10.3. The van der Waals surface area contributed by atoms with Crippen molar-refractivity contribution >= 4 is 0 Å². The molecular formula is C29H45NO4. The van der Waals surface area contributed by atoms with E-state index in [1.807, 2.05) is 12.1 Å². The van der Waals surface area contributed by atoms with Crippen LogP contribution in [-0.4, -0.2) is 37.7 Å². The molecule has 5 heteroatoms. The zero-order valence-electron chi connectivity index (χ0n) is 22.0. The first kappa shape index (κ1) is 24.4. The van der Waals surface area contributed by atoms with Crippen LogP contribution in [0.1, 0.15) is 85.5 Å². The van der Waals surface area contributed by atoms with E-state index in [2.05, 4.69) is 32.7 Å². The number of fused-ring (bicyclic) bond motifs is 3. The lowest BCUT2D eigenvalue weighted by Gasteiger charge is -2.65. The molecule has 0 aromatic carbocycles. The lowest BCUT2D eigenvalue weighted by atomic mass is 9.42. The second-order valence-electron chi connectivity index (χ2n) is 12.7. The third kappa shape index (κ3) is 4.25. The normalized spacial score (nSPS) is 39.8. The summed E-state index contributed by atoms with van der Waals surface area (Å²) in [5, 5.41) is 0. The van der Waals surface area contributed by atoms with Crippen molar-refractivity contribution in [2.75, 3.05) is 20.3 Å². The van der Waals surface area contributed by atoms with E-state index >= 15 is 0 Å². The summed E-state index contributed by atoms with van der Waals surface area (Å²) in [6.07, 6.45) is 13.3. The van der Waals surface area contributed by atoms with Gasteiger partial charge in [0.1, 0.15) is 5.75 Å². The highest BCUT2D eigenvalue weighted by molar-refractivity contribution is 5.26. The van der Waals surface area contributed by atoms with Crippen molar-refractivity contribution in [3.05, 3.63) is 18.3 Å². The Kier molecular flexibility index (Phi) is 6.65. The Labute approximate surface area is 206 Å². The van der Waals surface area contributed by atoms with Crippen LogP contribution >= 0.6 is 0 Å². The van der Waals surface area contributed by atoms with Crippen molar-refractivity contribution in [1.29, 1.82) is 0 Å². The summed E-state index contributed by atoms with van der Waals surface area (Å²) < 4.78 is 24.7. The number of pyridine rings is 1. The highest BCUT2D eigenvalue weighted by Crippen LogP contribution is 2.66. The van der Waals surface area contributed by atoms with Gasteiger partial charge >= 0.3 is 0 Å². The Morgan fingerprint density at radius 3 is 2.59 bits per heavy atom. The van der Waals surface area contributed by atoms with E-state index in [4.69, 9.17) is 18.9 Å². The second-order valence-corrected chi connectivity index (χ2v) is 12.7. The van der Waals surface area contributed by atoms with Gasteiger partial charge in [0.05, 0.1) is 26.4 Å². The Balaban J connectivity index is 1.30. The maximum atomic E-state index is 6.75. The molecule has 34 heavy (non-hydrogen) atoms. The summed E-state index contributed by atoms with van der Waals surface area (Å²) in [6.45, 7) is 11.6. The number of methoxy groups -OCH3 is 1. The van der Waals surface area contributed by atoms with Gasteiger partial charge in [-0.05, 0) is 73.7 Å². The van der Waals surface area contributed by atoms with Crippen LogP contribution in [0.2, 0.25) is 0 Å². The van der Waals surface area contributed by atoms with Gasteiger partial charge in [0.2, 0.25) is 5.88 Å². The van der Waals surface area contributed by atoms with Gasteiger partial charge in [-0.3, -0.25) is 0 Å². The number of ether oxygens (including phenoxy) is 4. The zero-order valence-corrected chi connectivity index (χ0v) is 22.0. The fourth-order valence-electron chi connectivity index (χ4n) is 8.55. The van der Waals surface area contributed by atoms with Gasteiger partial charge in [0, 0.05) is 23.6 Å². The van der Waals surface area contributed by atoms with Crippen molar-refractivity contribution in [1.82, 2.24) is 4.98 Å². The van der Waals surface area contributed by atoms with E-state index in [1.54, 1.807) is 13.3 Å². The molecule has 5 nitrogen and oxygen atoms in total. The minimum atomic E-state index is 0.0338. The number of hydrogen-bond acceptors (Lipinski definition) is 5. The zero-order chi connectivity index (χ0) is 24.0. The molecule has 4 fully saturated rings. The summed E-state index contributed by atoms with van der Waals surface area (Å²) >= 11 is 0. The van der Waals surface area contributed by atoms with Gasteiger partial charge < -0.3 is 18.9 Å². The smallest absolute Gasteiger partial charge is 0.216 e. The first-order valence-corrected chi connectivity index (χ1v) is 13.7. The molecule has 0 spiro atoms. The van der Waals surface area contributed by atoms with E-state index in [0.717, 1.165) is 31.8 Å². The van der Waals surface area contributed by atoms with Crippen LogP contribution in [0, 0.1) is 34.0 Å². The number of rotatable bonds is 6. The standard InChI is InChI=1S/C29H45NO4/c1-27(2)14-10-23-28(3,22(27)13-17-32-21-12-16-30-25(18-21)31-5)15-11-24-29(23,4)19-33-26(34-24)20-8-6-7-9-20/h12,16,18,20,22-24,26H,6-11,13-15,17,19H2,1-5H3/t22-,23?,24-,26-,28+,29+/m1/s1. The minimum absolute atomic E-state index is 0.0338. The first-order chi connectivity index (χ1) is 16.3. The second kappa shape index (κ2) is 9.28. The van der Waals surface area contributed by atoms with Crippen molar-refractivity contribution in [2.24, 2.45) is 34.0 Å². The average Bonchev–Trinajstić information content (AvgIpc) is 3.35. The van der Waals surface area contributed by atoms with Gasteiger partial charge in [-0.2, -0.15) is 0 Å². The van der Waals surface area contributed by atoms with Crippen LogP contribution in [0.4, 0.5) is 0 Å². The molecule has 190 valence electrons. The Bertz CT molecular complexity index is 852. The van der Waals surface area contributed by atoms with E-state index in [-0.39, 0.29) is 17.1 Å². The molecule has 0 bridgehead atoms. The van der Waals surface area contributed by atoms with E-state index in [1.165, 1.54) is 44.9 Å². The first-order valence-electron chi connectivity index (χ1n) is 13.7. The van der Waals surface area contributed by atoms with Crippen LogP contribution in [0.15, 0.2) is 18.3 Å². The lowest BCUT2D eigenvalue weighted by Crippen LogP contribution is -2.63. The molecule has 2 heterocycles. The van der Waals surface area contributed by atoms with Gasteiger partial charge in [0.25, 0.3) is 0 Å². The third-order valence-corrected chi connectivity index (χ3v) is 10.3. The minimum Gasteiger partial charge on any atom is -0.493 e. The van der Waals surface area contributed by atoms with Crippen LogP contribution in [-0.2, 0) is 9.47 Å². The number of hydrogen-bond donors (Lipinski definition) is 0. The molecular weight excluding hydrogens is 426 g/mol. The molecule has 0 N–H and O–H groups in total. The average molecular weight is 472 g/mol. The molecule has 1 aromatic heterocycles. The molecule has 1 aromatic rings. The number of nitrogens with zero attached hydrogens (tertiary/aromatic N) is 1. The molecule has 0 amide bonds. The van der Waals surface area contributed by atoms with E-state index in [0.29, 0.717) is 35.2 Å². The van der Waals surface area contributed by atoms with Crippen molar-refractivity contribution in [2.45, 2.75) is 97.9 Å². The topological polar surface area (TPSA) is 49.8 Å². The molecule has 1 saturated heterocycles. The quantitative estimate of drug-likeness (QED) is 0.465. The van der Waals surface area contributed by atoms with E-state index < -0.39 is 0 Å². The maximum absolute atomic E-state index is 6.75. The fourth-order valence-corrected chi connectivity index (χ4v) is 8.55. The molecule has 5 rings (SSSR count).